The summed E-state index contributed by atoms with van der Waals surface area (Å²) in [5.74, 6) is 0. The zero-order chi connectivity index (χ0) is 15.0. The third-order valence-electron chi connectivity index (χ3n) is 4.78. The van der Waals surface area contributed by atoms with E-state index in [4.69, 9.17) is 0 Å². The van der Waals surface area contributed by atoms with Gasteiger partial charge in [0.15, 0.2) is 0 Å². The Morgan fingerprint density at radius 3 is 2.00 bits per heavy atom. The lowest BCUT2D eigenvalue weighted by Gasteiger charge is -2.16. The van der Waals surface area contributed by atoms with Gasteiger partial charge in [0.1, 0.15) is 0 Å². The molecule has 0 atom stereocenters. The molecule has 0 spiro atoms. The van der Waals surface area contributed by atoms with Crippen molar-refractivity contribution >= 4 is 0 Å². The number of aryl methyl sites for hydroxylation is 2. The maximum atomic E-state index is 3.57. The molecule has 1 N–H and O–H groups in total. The van der Waals surface area contributed by atoms with E-state index < -0.39 is 0 Å². The van der Waals surface area contributed by atoms with Gasteiger partial charge in [-0.3, -0.25) is 0 Å². The molecule has 0 radical (unpaired) electrons. The molecule has 0 aromatic heterocycles. The van der Waals surface area contributed by atoms with Crippen molar-refractivity contribution in [3.63, 3.8) is 0 Å². The molecule has 0 unspecified atom stereocenters. The number of hydrogen-bond donors (Lipinski definition) is 1. The van der Waals surface area contributed by atoms with Crippen molar-refractivity contribution < 1.29 is 0 Å². The van der Waals surface area contributed by atoms with Crippen molar-refractivity contribution in [2.75, 3.05) is 0 Å². The molecule has 3 rings (SSSR count). The van der Waals surface area contributed by atoms with Crippen molar-refractivity contribution in [2.45, 2.75) is 53.1 Å². The van der Waals surface area contributed by atoms with Gasteiger partial charge < -0.3 is 5.32 Å². The van der Waals surface area contributed by atoms with Crippen LogP contribution in [0, 0.1) is 27.7 Å². The third kappa shape index (κ3) is 3.03. The summed E-state index contributed by atoms with van der Waals surface area (Å²) in [6.07, 6.45) is 2.69. The highest BCUT2D eigenvalue weighted by Crippen LogP contribution is 2.31. The van der Waals surface area contributed by atoms with Crippen molar-refractivity contribution in [2.24, 2.45) is 0 Å². The summed E-state index contributed by atoms with van der Waals surface area (Å²) in [4.78, 5) is 0. The van der Waals surface area contributed by atoms with E-state index in [1.807, 2.05) is 0 Å². The van der Waals surface area contributed by atoms with Gasteiger partial charge in [-0.25, -0.2) is 0 Å². The molecular weight excluding hydrogens is 254 g/mol. The predicted molar refractivity (Wildman–Crippen MR) is 90.7 cm³/mol. The normalized spacial score (nSPS) is 14.5. The molecule has 1 nitrogen and oxygen atoms in total. The van der Waals surface area contributed by atoms with E-state index in [0.29, 0.717) is 0 Å². The number of nitrogens with one attached hydrogen (secondary N) is 1. The van der Waals surface area contributed by atoms with E-state index in [-0.39, 0.29) is 0 Å². The first-order valence-electron chi connectivity index (χ1n) is 7.96. The zero-order valence-corrected chi connectivity index (χ0v) is 13.6. The SMILES string of the molecule is Cc1cc(C)c(C)c(-c2ccc(CNC3CC3)cc2)c1C. The maximum Gasteiger partial charge on any atom is 0.0208 e. The minimum Gasteiger partial charge on any atom is -0.310 e. The van der Waals surface area contributed by atoms with Crippen LogP contribution in [0.2, 0.25) is 0 Å². The molecule has 1 aliphatic rings. The Bertz CT molecular complexity index is 622. The second kappa shape index (κ2) is 5.65. The molecule has 0 aliphatic heterocycles. The largest absolute Gasteiger partial charge is 0.310 e. The van der Waals surface area contributed by atoms with Gasteiger partial charge in [0.2, 0.25) is 0 Å². The van der Waals surface area contributed by atoms with Crippen LogP contribution in [0.3, 0.4) is 0 Å². The van der Waals surface area contributed by atoms with Crippen LogP contribution in [0.25, 0.3) is 11.1 Å². The van der Waals surface area contributed by atoms with Crippen molar-refractivity contribution in [1.82, 2.24) is 5.32 Å². The summed E-state index contributed by atoms with van der Waals surface area (Å²) in [6, 6.07) is 12.1. The fourth-order valence-corrected chi connectivity index (χ4v) is 2.99. The Morgan fingerprint density at radius 1 is 0.905 bits per heavy atom. The maximum absolute atomic E-state index is 3.57. The Labute approximate surface area is 128 Å². The summed E-state index contributed by atoms with van der Waals surface area (Å²) in [5.41, 5.74) is 9.70. The lowest BCUT2D eigenvalue weighted by Crippen LogP contribution is -2.15. The summed E-state index contributed by atoms with van der Waals surface area (Å²) >= 11 is 0. The number of hydrogen-bond acceptors (Lipinski definition) is 1. The molecule has 1 aliphatic carbocycles. The Hall–Kier alpha value is -1.60. The highest BCUT2D eigenvalue weighted by molar-refractivity contribution is 5.73. The minimum atomic E-state index is 0.772. The van der Waals surface area contributed by atoms with Crippen LogP contribution in [0.15, 0.2) is 30.3 Å². The summed E-state index contributed by atoms with van der Waals surface area (Å²) < 4.78 is 0. The minimum absolute atomic E-state index is 0.772. The highest BCUT2D eigenvalue weighted by Gasteiger charge is 2.19. The standard InChI is InChI=1S/C20H25N/c1-13-11-14(2)16(4)20(15(13)3)18-7-5-17(6-8-18)12-21-19-9-10-19/h5-8,11,19,21H,9-10,12H2,1-4H3. The Kier molecular flexibility index (Phi) is 3.86. The van der Waals surface area contributed by atoms with E-state index >= 15 is 0 Å². The molecule has 0 bridgehead atoms. The molecule has 0 saturated heterocycles. The summed E-state index contributed by atoms with van der Waals surface area (Å²) in [7, 11) is 0. The average molecular weight is 279 g/mol. The number of rotatable bonds is 4. The lowest BCUT2D eigenvalue weighted by atomic mass is 9.89. The van der Waals surface area contributed by atoms with Crippen LogP contribution in [0.1, 0.15) is 40.7 Å². The van der Waals surface area contributed by atoms with Crippen LogP contribution in [-0.2, 0) is 6.54 Å². The Morgan fingerprint density at radius 2 is 1.48 bits per heavy atom. The van der Waals surface area contributed by atoms with E-state index in [1.54, 1.807) is 0 Å². The fraction of sp³-hybridized carbons (Fsp3) is 0.400. The van der Waals surface area contributed by atoms with E-state index in [9.17, 15) is 0 Å². The second-order valence-corrected chi connectivity index (χ2v) is 6.49. The van der Waals surface area contributed by atoms with Gasteiger partial charge in [-0.2, -0.15) is 0 Å². The first kappa shape index (κ1) is 14.3. The van der Waals surface area contributed by atoms with Crippen LogP contribution in [-0.4, -0.2) is 6.04 Å². The quantitative estimate of drug-likeness (QED) is 0.844. The van der Waals surface area contributed by atoms with Crippen LogP contribution >= 0.6 is 0 Å². The van der Waals surface area contributed by atoms with Gasteiger partial charge in [-0.15, -0.1) is 0 Å². The van der Waals surface area contributed by atoms with Crippen molar-refractivity contribution in [3.8, 4) is 11.1 Å². The van der Waals surface area contributed by atoms with E-state index in [0.717, 1.165) is 12.6 Å². The zero-order valence-electron chi connectivity index (χ0n) is 13.6. The van der Waals surface area contributed by atoms with Crippen LogP contribution in [0.5, 0.6) is 0 Å². The van der Waals surface area contributed by atoms with Crippen LogP contribution < -0.4 is 5.32 Å². The lowest BCUT2D eigenvalue weighted by molar-refractivity contribution is 0.688. The first-order chi connectivity index (χ1) is 10.1. The van der Waals surface area contributed by atoms with Crippen LogP contribution in [0.4, 0.5) is 0 Å². The van der Waals surface area contributed by atoms with Gasteiger partial charge in [0.05, 0.1) is 0 Å². The summed E-state index contributed by atoms with van der Waals surface area (Å²) in [6.45, 7) is 9.88. The second-order valence-electron chi connectivity index (χ2n) is 6.49. The van der Waals surface area contributed by atoms with E-state index in [1.165, 1.54) is 51.8 Å². The first-order valence-corrected chi connectivity index (χ1v) is 7.96. The molecule has 110 valence electrons. The highest BCUT2D eigenvalue weighted by atomic mass is 14.9. The fourth-order valence-electron chi connectivity index (χ4n) is 2.99. The smallest absolute Gasteiger partial charge is 0.0208 e. The topological polar surface area (TPSA) is 12.0 Å². The average Bonchev–Trinajstić information content (AvgIpc) is 3.29. The molecule has 21 heavy (non-hydrogen) atoms. The third-order valence-corrected chi connectivity index (χ3v) is 4.78. The van der Waals surface area contributed by atoms with Crippen molar-refractivity contribution in [1.29, 1.82) is 0 Å². The molecule has 0 heterocycles. The monoisotopic (exact) mass is 279 g/mol. The molecule has 1 fully saturated rings. The van der Waals surface area contributed by atoms with Gasteiger partial charge in [0, 0.05) is 12.6 Å². The Balaban J connectivity index is 1.89. The molecule has 1 saturated carbocycles. The number of benzene rings is 2. The molecular formula is C20H25N. The summed E-state index contributed by atoms with van der Waals surface area (Å²) in [5, 5.41) is 3.57. The molecule has 2 aromatic rings. The van der Waals surface area contributed by atoms with Crippen molar-refractivity contribution in [3.05, 3.63) is 58.1 Å². The van der Waals surface area contributed by atoms with Gasteiger partial charge in [0.25, 0.3) is 0 Å². The predicted octanol–water partition coefficient (Wildman–Crippen LogP) is 4.84. The van der Waals surface area contributed by atoms with E-state index in [2.05, 4.69) is 63.3 Å². The molecule has 1 heteroatoms. The van der Waals surface area contributed by atoms with Gasteiger partial charge >= 0.3 is 0 Å². The molecule has 0 amide bonds. The molecule has 2 aromatic carbocycles. The van der Waals surface area contributed by atoms with Gasteiger partial charge in [-0.05, 0) is 79.5 Å². The van der Waals surface area contributed by atoms with Gasteiger partial charge in [-0.1, -0.05) is 30.3 Å².